The summed E-state index contributed by atoms with van der Waals surface area (Å²) in [7, 11) is 0. The fourth-order valence-electron chi connectivity index (χ4n) is 2.93. The minimum absolute atomic E-state index is 0.0969. The number of carboxylic acids is 1. The van der Waals surface area contributed by atoms with Crippen molar-refractivity contribution >= 4 is 17.8 Å². The first kappa shape index (κ1) is 23.8. The van der Waals surface area contributed by atoms with E-state index in [0.29, 0.717) is 5.75 Å². The molecule has 3 aromatic rings. The van der Waals surface area contributed by atoms with Crippen molar-refractivity contribution in [2.45, 2.75) is 32.2 Å². The van der Waals surface area contributed by atoms with Gasteiger partial charge in [-0.15, -0.1) is 0 Å². The maximum Gasteiger partial charge on any atom is 0.416 e. The van der Waals surface area contributed by atoms with E-state index in [2.05, 4.69) is 4.98 Å². The Bertz CT molecular complexity index is 1180. The Morgan fingerprint density at radius 2 is 1.82 bits per heavy atom. The second-order valence-corrected chi connectivity index (χ2v) is 7.70. The van der Waals surface area contributed by atoms with Crippen LogP contribution < -0.4 is 4.74 Å². The molecule has 6 nitrogen and oxygen atoms in total. The highest BCUT2D eigenvalue weighted by Crippen LogP contribution is 2.29. The van der Waals surface area contributed by atoms with Crippen LogP contribution in [-0.2, 0) is 17.5 Å². The Kier molecular flexibility index (Phi) is 6.71. The maximum atomic E-state index is 12.7. The van der Waals surface area contributed by atoms with Crippen molar-refractivity contribution in [2.24, 2.45) is 0 Å². The molecule has 0 radical (unpaired) electrons. The van der Waals surface area contributed by atoms with Gasteiger partial charge in [-0.1, -0.05) is 36.4 Å². The summed E-state index contributed by atoms with van der Waals surface area (Å²) in [5, 5.41) is 9.20. The largest absolute Gasteiger partial charge is 0.478 e. The molecule has 0 aliphatic heterocycles. The summed E-state index contributed by atoms with van der Waals surface area (Å²) in [5.74, 6) is -1.09. The fourth-order valence-corrected chi connectivity index (χ4v) is 2.93. The molecule has 2 aromatic carbocycles. The number of carboxylic acid groups (broad SMARTS) is 1. The monoisotopic (exact) mass is 458 g/mol. The fraction of sp³-hybridized carbons (Fsp3) is 0.208. The number of aliphatic carboxylic acids is 1. The number of nitrogens with zero attached hydrogens (tertiary/aromatic N) is 2. The molecule has 0 saturated heterocycles. The average molecular weight is 458 g/mol. The van der Waals surface area contributed by atoms with Crippen LogP contribution in [0.25, 0.3) is 6.08 Å². The van der Waals surface area contributed by atoms with Gasteiger partial charge in [-0.3, -0.25) is 4.79 Å². The van der Waals surface area contributed by atoms with Crippen LogP contribution in [0.1, 0.15) is 41.2 Å². The first-order valence-corrected chi connectivity index (χ1v) is 9.89. The summed E-state index contributed by atoms with van der Waals surface area (Å²) >= 11 is 0. The summed E-state index contributed by atoms with van der Waals surface area (Å²) in [6, 6.07) is 10.8. The van der Waals surface area contributed by atoms with Gasteiger partial charge in [0.25, 0.3) is 0 Å². The number of carbonyl (C=O) groups excluding carboxylic acids is 1. The summed E-state index contributed by atoms with van der Waals surface area (Å²) in [4.78, 5) is 28.0. The van der Waals surface area contributed by atoms with Crippen LogP contribution in [0.15, 0.2) is 67.0 Å². The van der Waals surface area contributed by atoms with Gasteiger partial charge >= 0.3 is 12.1 Å². The molecule has 0 aliphatic rings. The molecular weight excluding hydrogens is 437 g/mol. The Labute approximate surface area is 188 Å². The zero-order valence-corrected chi connectivity index (χ0v) is 17.8. The van der Waals surface area contributed by atoms with Crippen molar-refractivity contribution in [3.63, 3.8) is 0 Å². The molecule has 0 bridgehead atoms. The van der Waals surface area contributed by atoms with E-state index < -0.39 is 29.1 Å². The van der Waals surface area contributed by atoms with Crippen molar-refractivity contribution in [1.82, 2.24) is 9.55 Å². The molecule has 0 atom stereocenters. The number of allylic oxidation sites excluding steroid dienone is 1. The van der Waals surface area contributed by atoms with Gasteiger partial charge in [-0.25, -0.2) is 9.78 Å². The highest BCUT2D eigenvalue weighted by molar-refractivity contribution is 6.06. The Hall–Kier alpha value is -3.88. The number of rotatable bonds is 8. The predicted molar refractivity (Wildman–Crippen MR) is 115 cm³/mol. The summed E-state index contributed by atoms with van der Waals surface area (Å²) in [6.07, 6.45) is 2.10. The van der Waals surface area contributed by atoms with E-state index in [1.807, 2.05) is 0 Å². The topological polar surface area (TPSA) is 81.4 Å². The first-order chi connectivity index (χ1) is 15.5. The van der Waals surface area contributed by atoms with Crippen LogP contribution in [0.5, 0.6) is 5.75 Å². The molecular formula is C24H21F3N2O4. The Morgan fingerprint density at radius 1 is 1.12 bits per heavy atom. The zero-order chi connectivity index (χ0) is 24.2. The van der Waals surface area contributed by atoms with E-state index in [4.69, 9.17) is 4.74 Å². The van der Waals surface area contributed by atoms with Crippen LogP contribution in [0.4, 0.5) is 13.2 Å². The number of halogens is 3. The summed E-state index contributed by atoms with van der Waals surface area (Å²) in [5.41, 5.74) is -1.36. The van der Waals surface area contributed by atoms with E-state index >= 15 is 0 Å². The minimum atomic E-state index is -4.48. The number of aromatic nitrogens is 2. The average Bonchev–Trinajstić information content (AvgIpc) is 3.21. The maximum absolute atomic E-state index is 12.7. The number of hydrogen-bond acceptors (Lipinski definition) is 4. The van der Waals surface area contributed by atoms with E-state index in [-0.39, 0.29) is 17.9 Å². The third-order valence-corrected chi connectivity index (χ3v) is 4.75. The number of ether oxygens (including phenoxy) is 1. The predicted octanol–water partition coefficient (Wildman–Crippen LogP) is 5.09. The highest BCUT2D eigenvalue weighted by atomic mass is 19.4. The van der Waals surface area contributed by atoms with Gasteiger partial charge in [0, 0.05) is 24.5 Å². The van der Waals surface area contributed by atoms with Crippen molar-refractivity contribution < 1.29 is 32.6 Å². The van der Waals surface area contributed by atoms with Gasteiger partial charge in [0.05, 0.1) is 5.56 Å². The summed E-state index contributed by atoms with van der Waals surface area (Å²) in [6.45, 7) is 3.19. The van der Waals surface area contributed by atoms with Gasteiger partial charge in [-0.05, 0) is 43.7 Å². The molecule has 0 amide bonds. The molecule has 1 aromatic heterocycles. The Balaban J connectivity index is 1.71. The normalized spacial score (nSPS) is 12.2. The van der Waals surface area contributed by atoms with E-state index in [1.54, 1.807) is 47.2 Å². The minimum Gasteiger partial charge on any atom is -0.478 e. The van der Waals surface area contributed by atoms with Crippen LogP contribution in [0.2, 0.25) is 0 Å². The third-order valence-electron chi connectivity index (χ3n) is 4.75. The van der Waals surface area contributed by atoms with Gasteiger partial charge in [0.15, 0.2) is 11.4 Å². The molecule has 0 unspecified atom stereocenters. The van der Waals surface area contributed by atoms with Crippen molar-refractivity contribution in [2.75, 3.05) is 0 Å². The standard InChI is InChI=1S/C24H21F3N2O4/c1-23(2,22(31)32)33-19-7-3-5-16(15-19)6-4-13-29-14-12-28-21(29)20(30)17-8-10-18(11-9-17)24(25,26)27/h3-12,14-15H,13H2,1-2H3,(H,31,32)/b6-4+. The number of hydrogen-bond donors (Lipinski definition) is 1. The number of alkyl halides is 3. The molecule has 172 valence electrons. The lowest BCUT2D eigenvalue weighted by atomic mass is 10.1. The smallest absolute Gasteiger partial charge is 0.416 e. The SMILES string of the molecule is CC(C)(Oc1cccc(/C=C/Cn2ccnc2C(=O)c2ccc(C(F)(F)F)cc2)c1)C(=O)O. The highest BCUT2D eigenvalue weighted by Gasteiger charge is 2.30. The molecule has 0 spiro atoms. The van der Waals surface area contributed by atoms with Gasteiger partial charge in [-0.2, -0.15) is 13.2 Å². The van der Waals surface area contributed by atoms with Gasteiger partial charge in [0.1, 0.15) is 5.75 Å². The number of carbonyl (C=O) groups is 2. The quantitative estimate of drug-likeness (QED) is 0.476. The third kappa shape index (κ3) is 5.88. The molecule has 0 fully saturated rings. The second-order valence-electron chi connectivity index (χ2n) is 7.70. The van der Waals surface area contributed by atoms with Crippen molar-refractivity contribution in [1.29, 1.82) is 0 Å². The molecule has 0 saturated carbocycles. The van der Waals surface area contributed by atoms with Gasteiger partial charge in [0.2, 0.25) is 5.78 Å². The molecule has 9 heteroatoms. The molecule has 1 heterocycles. The van der Waals surface area contributed by atoms with E-state index in [9.17, 15) is 27.9 Å². The van der Waals surface area contributed by atoms with Crippen molar-refractivity contribution in [3.05, 3.63) is 89.5 Å². The lowest BCUT2D eigenvalue weighted by molar-refractivity contribution is -0.152. The van der Waals surface area contributed by atoms with E-state index in [1.165, 1.54) is 20.0 Å². The van der Waals surface area contributed by atoms with Crippen LogP contribution >= 0.6 is 0 Å². The molecule has 1 N–H and O–H groups in total. The van der Waals surface area contributed by atoms with E-state index in [0.717, 1.165) is 29.8 Å². The molecule has 33 heavy (non-hydrogen) atoms. The van der Waals surface area contributed by atoms with Crippen LogP contribution in [0, 0.1) is 0 Å². The Morgan fingerprint density at radius 3 is 2.45 bits per heavy atom. The van der Waals surface area contributed by atoms with Crippen LogP contribution in [-0.4, -0.2) is 32.0 Å². The summed E-state index contributed by atoms with van der Waals surface area (Å²) < 4.78 is 45.3. The lowest BCUT2D eigenvalue weighted by Gasteiger charge is -2.21. The number of ketones is 1. The second kappa shape index (κ2) is 9.32. The molecule has 0 aliphatic carbocycles. The number of benzene rings is 2. The first-order valence-electron chi connectivity index (χ1n) is 9.89. The number of imidazole rings is 1. The zero-order valence-electron chi connectivity index (χ0n) is 17.8. The van der Waals surface area contributed by atoms with Gasteiger partial charge < -0.3 is 14.4 Å². The molecule has 3 rings (SSSR count). The lowest BCUT2D eigenvalue weighted by Crippen LogP contribution is -2.37. The van der Waals surface area contributed by atoms with Crippen LogP contribution in [0.3, 0.4) is 0 Å². The van der Waals surface area contributed by atoms with Crippen molar-refractivity contribution in [3.8, 4) is 5.75 Å².